The number of piperazine rings is 1. The van der Waals surface area contributed by atoms with Gasteiger partial charge < -0.3 is 24.6 Å². The molecule has 1 aliphatic rings. The Bertz CT molecular complexity index is 958. The highest BCUT2D eigenvalue weighted by atomic mass is 16.5. The minimum Gasteiger partial charge on any atom is -0.497 e. The van der Waals surface area contributed by atoms with Crippen LogP contribution in [0.5, 0.6) is 5.75 Å². The van der Waals surface area contributed by atoms with E-state index < -0.39 is 6.10 Å². The van der Waals surface area contributed by atoms with Gasteiger partial charge >= 0.3 is 0 Å². The SMILES string of the molecule is COc1ccc2[nH]cc([C@@H](O)C[NH+]3CCN(c4cccc(C)c4C)CC3)c2c1. The molecule has 1 aliphatic heterocycles. The number of ether oxygens (including phenoxy) is 1. The highest BCUT2D eigenvalue weighted by molar-refractivity contribution is 5.85. The Kier molecular flexibility index (Phi) is 5.29. The Hall–Kier alpha value is -2.50. The van der Waals surface area contributed by atoms with Crippen LogP contribution >= 0.6 is 0 Å². The third-order valence-electron chi connectivity index (χ3n) is 6.15. The molecule has 5 nitrogen and oxygen atoms in total. The zero-order valence-corrected chi connectivity index (χ0v) is 17.0. The van der Waals surface area contributed by atoms with Crippen LogP contribution in [0.2, 0.25) is 0 Å². The van der Waals surface area contributed by atoms with Crippen molar-refractivity contribution in [3.63, 3.8) is 0 Å². The first-order valence-electron chi connectivity index (χ1n) is 10.0. The van der Waals surface area contributed by atoms with E-state index in [1.165, 1.54) is 21.7 Å². The van der Waals surface area contributed by atoms with E-state index in [-0.39, 0.29) is 0 Å². The molecule has 1 fully saturated rings. The molecule has 0 spiro atoms. The van der Waals surface area contributed by atoms with E-state index in [2.05, 4.69) is 41.9 Å². The van der Waals surface area contributed by atoms with Gasteiger partial charge in [0.2, 0.25) is 0 Å². The molecule has 1 aromatic heterocycles. The van der Waals surface area contributed by atoms with Gasteiger partial charge in [0.25, 0.3) is 0 Å². The van der Waals surface area contributed by atoms with Crippen LogP contribution in [0.15, 0.2) is 42.6 Å². The summed E-state index contributed by atoms with van der Waals surface area (Å²) in [4.78, 5) is 7.20. The van der Waals surface area contributed by atoms with Crippen LogP contribution in [0.4, 0.5) is 5.69 Å². The summed E-state index contributed by atoms with van der Waals surface area (Å²) in [6.07, 6.45) is 1.45. The van der Waals surface area contributed by atoms with Crippen molar-refractivity contribution in [1.29, 1.82) is 0 Å². The van der Waals surface area contributed by atoms with Crippen molar-refractivity contribution >= 4 is 16.6 Å². The van der Waals surface area contributed by atoms with Gasteiger partial charge in [0.15, 0.2) is 0 Å². The van der Waals surface area contributed by atoms with Crippen molar-refractivity contribution in [2.45, 2.75) is 20.0 Å². The summed E-state index contributed by atoms with van der Waals surface area (Å²) in [5.41, 5.74) is 6.06. The van der Waals surface area contributed by atoms with Gasteiger partial charge in [-0.3, -0.25) is 0 Å². The lowest BCUT2D eigenvalue weighted by molar-refractivity contribution is -0.904. The first-order chi connectivity index (χ1) is 13.6. The summed E-state index contributed by atoms with van der Waals surface area (Å²) in [5, 5.41) is 11.9. The van der Waals surface area contributed by atoms with Gasteiger partial charge in [-0.15, -0.1) is 0 Å². The Labute approximate surface area is 166 Å². The largest absolute Gasteiger partial charge is 0.497 e. The molecular formula is C23H30N3O2+. The molecule has 4 rings (SSSR count). The molecule has 1 saturated heterocycles. The minimum atomic E-state index is -0.483. The first kappa shape index (κ1) is 18.8. The smallest absolute Gasteiger partial charge is 0.130 e. The number of aliphatic hydroxyl groups is 1. The van der Waals surface area contributed by atoms with Crippen molar-refractivity contribution in [2.24, 2.45) is 0 Å². The van der Waals surface area contributed by atoms with E-state index in [4.69, 9.17) is 4.74 Å². The number of nitrogens with zero attached hydrogens (tertiary/aromatic N) is 1. The van der Waals surface area contributed by atoms with Crippen molar-refractivity contribution in [3.05, 3.63) is 59.3 Å². The van der Waals surface area contributed by atoms with Crippen LogP contribution in [-0.2, 0) is 0 Å². The van der Waals surface area contributed by atoms with Gasteiger partial charge in [0.05, 0.1) is 33.3 Å². The fraction of sp³-hybridized carbons (Fsp3) is 0.391. The highest BCUT2D eigenvalue weighted by Crippen LogP contribution is 2.27. The molecule has 3 N–H and O–H groups in total. The molecule has 0 aliphatic carbocycles. The van der Waals surface area contributed by atoms with E-state index in [0.29, 0.717) is 0 Å². The number of hydrogen-bond acceptors (Lipinski definition) is 3. The lowest BCUT2D eigenvalue weighted by Gasteiger charge is -2.35. The molecule has 0 amide bonds. The lowest BCUT2D eigenvalue weighted by atomic mass is 10.1. The molecule has 2 aromatic carbocycles. The second kappa shape index (κ2) is 7.86. The van der Waals surface area contributed by atoms with Crippen molar-refractivity contribution in [3.8, 4) is 5.75 Å². The number of quaternary nitrogens is 1. The molecule has 28 heavy (non-hydrogen) atoms. The molecule has 2 heterocycles. The van der Waals surface area contributed by atoms with Crippen molar-refractivity contribution in [2.75, 3.05) is 44.7 Å². The van der Waals surface area contributed by atoms with E-state index in [1.54, 1.807) is 7.11 Å². The molecule has 1 atom stereocenters. The number of aromatic amines is 1. The van der Waals surface area contributed by atoms with Gasteiger partial charge in [-0.25, -0.2) is 0 Å². The quantitative estimate of drug-likeness (QED) is 0.636. The number of aromatic nitrogens is 1. The average molecular weight is 381 g/mol. The van der Waals surface area contributed by atoms with Crippen LogP contribution < -0.4 is 14.5 Å². The number of nitrogens with one attached hydrogen (secondary N) is 2. The second-order valence-electron chi connectivity index (χ2n) is 7.83. The van der Waals surface area contributed by atoms with Crippen molar-refractivity contribution in [1.82, 2.24) is 4.98 Å². The molecule has 5 heteroatoms. The fourth-order valence-electron chi connectivity index (χ4n) is 4.25. The summed E-state index contributed by atoms with van der Waals surface area (Å²) < 4.78 is 5.34. The topological polar surface area (TPSA) is 52.9 Å². The fourth-order valence-corrected chi connectivity index (χ4v) is 4.25. The van der Waals surface area contributed by atoms with Crippen LogP contribution in [0.25, 0.3) is 10.9 Å². The second-order valence-corrected chi connectivity index (χ2v) is 7.83. The monoisotopic (exact) mass is 380 g/mol. The van der Waals surface area contributed by atoms with E-state index in [0.717, 1.165) is 54.9 Å². The molecule has 0 bridgehead atoms. The van der Waals surface area contributed by atoms with Gasteiger partial charge in [-0.2, -0.15) is 0 Å². The van der Waals surface area contributed by atoms with E-state index in [9.17, 15) is 5.11 Å². The number of anilines is 1. The number of aryl methyl sites for hydroxylation is 1. The molecule has 0 radical (unpaired) electrons. The van der Waals surface area contributed by atoms with Crippen molar-refractivity contribution < 1.29 is 14.7 Å². The van der Waals surface area contributed by atoms with Crippen LogP contribution in [-0.4, -0.2) is 49.9 Å². The maximum Gasteiger partial charge on any atom is 0.130 e. The van der Waals surface area contributed by atoms with E-state index in [1.807, 2.05) is 24.4 Å². The molecule has 0 unspecified atom stereocenters. The Morgan fingerprint density at radius 2 is 1.96 bits per heavy atom. The maximum absolute atomic E-state index is 10.9. The molecule has 148 valence electrons. The predicted molar refractivity (Wildman–Crippen MR) is 114 cm³/mol. The van der Waals surface area contributed by atoms with Crippen LogP contribution in [0.1, 0.15) is 22.8 Å². The average Bonchev–Trinajstić information content (AvgIpc) is 3.14. The predicted octanol–water partition coefficient (Wildman–Crippen LogP) is 2.23. The van der Waals surface area contributed by atoms with Crippen LogP contribution in [0, 0.1) is 13.8 Å². The number of methoxy groups -OCH3 is 1. The van der Waals surface area contributed by atoms with Gasteiger partial charge in [0.1, 0.15) is 18.4 Å². The van der Waals surface area contributed by atoms with Gasteiger partial charge in [-0.05, 0) is 49.2 Å². The van der Waals surface area contributed by atoms with Gasteiger partial charge in [0, 0.05) is 28.4 Å². The zero-order chi connectivity index (χ0) is 19.7. The lowest BCUT2D eigenvalue weighted by Crippen LogP contribution is -3.15. The van der Waals surface area contributed by atoms with E-state index >= 15 is 0 Å². The Morgan fingerprint density at radius 1 is 1.18 bits per heavy atom. The number of aliphatic hydroxyl groups excluding tert-OH is 1. The summed E-state index contributed by atoms with van der Waals surface area (Å²) >= 11 is 0. The number of benzene rings is 2. The van der Waals surface area contributed by atoms with Gasteiger partial charge in [-0.1, -0.05) is 12.1 Å². The summed E-state index contributed by atoms with van der Waals surface area (Å²) in [5.74, 6) is 0.815. The molecular weight excluding hydrogens is 350 g/mol. The third kappa shape index (κ3) is 3.60. The molecule has 0 saturated carbocycles. The maximum atomic E-state index is 10.9. The molecule has 3 aromatic rings. The number of fused-ring (bicyclic) bond motifs is 1. The first-order valence-corrected chi connectivity index (χ1v) is 10.0. The summed E-state index contributed by atoms with van der Waals surface area (Å²) in [6.45, 7) is 9.23. The number of H-pyrrole nitrogens is 1. The zero-order valence-electron chi connectivity index (χ0n) is 17.0. The summed E-state index contributed by atoms with van der Waals surface area (Å²) in [6, 6.07) is 12.5. The standard InChI is InChI=1S/C23H29N3O2/c1-16-5-4-6-22(17(16)2)26-11-9-25(10-12-26)15-23(27)20-14-24-21-8-7-18(28-3)13-19(20)21/h4-8,13-14,23-24,27H,9-12,15H2,1-3H3/p+1/t23-/m0/s1. The number of hydrogen-bond donors (Lipinski definition) is 3. The summed E-state index contributed by atoms with van der Waals surface area (Å²) in [7, 11) is 1.67. The Balaban J connectivity index is 1.42. The number of rotatable bonds is 5. The third-order valence-corrected chi connectivity index (χ3v) is 6.15. The highest BCUT2D eigenvalue weighted by Gasteiger charge is 2.25. The normalized spacial score (nSPS) is 16.5. The Morgan fingerprint density at radius 3 is 2.71 bits per heavy atom. The van der Waals surface area contributed by atoms with Crippen LogP contribution in [0.3, 0.4) is 0 Å². The minimum absolute atomic E-state index is 0.483.